The summed E-state index contributed by atoms with van der Waals surface area (Å²) in [5, 5.41) is 5.56. The Morgan fingerprint density at radius 3 is 2.87 bits per heavy atom. The molecule has 1 saturated carbocycles. The van der Waals surface area contributed by atoms with E-state index in [9.17, 15) is 18.4 Å². The average molecular weight is 410 g/mol. The maximum absolute atomic E-state index is 14.1. The molecule has 8 heteroatoms. The van der Waals surface area contributed by atoms with E-state index in [4.69, 9.17) is 0 Å². The third-order valence-electron chi connectivity index (χ3n) is 5.41. The number of anilines is 1. The molecule has 4 rings (SSSR count). The van der Waals surface area contributed by atoms with Gasteiger partial charge in [-0.25, -0.2) is 23.4 Å². The van der Waals surface area contributed by atoms with Crippen LogP contribution in [0.5, 0.6) is 0 Å². The van der Waals surface area contributed by atoms with Gasteiger partial charge >= 0.3 is 11.7 Å². The molecule has 1 fully saturated rings. The van der Waals surface area contributed by atoms with Crippen molar-refractivity contribution in [1.82, 2.24) is 14.9 Å². The summed E-state index contributed by atoms with van der Waals surface area (Å²) >= 11 is 0. The van der Waals surface area contributed by atoms with Crippen LogP contribution < -0.4 is 16.3 Å². The smallest absolute Gasteiger partial charge is 0.334 e. The predicted octanol–water partition coefficient (Wildman–Crippen LogP) is 3.42. The van der Waals surface area contributed by atoms with Crippen LogP contribution in [0, 0.1) is 11.6 Å². The number of hydrogen-bond acceptors (Lipinski definition) is 3. The van der Waals surface area contributed by atoms with Crippen molar-refractivity contribution in [3.63, 3.8) is 0 Å². The summed E-state index contributed by atoms with van der Waals surface area (Å²) in [6.07, 6.45) is 3.59. The van der Waals surface area contributed by atoms with E-state index in [1.807, 2.05) is 6.07 Å². The molecule has 0 aliphatic heterocycles. The Bertz CT molecular complexity index is 1160. The minimum absolute atomic E-state index is 0.261. The summed E-state index contributed by atoms with van der Waals surface area (Å²) in [5.41, 5.74) is 0.637. The van der Waals surface area contributed by atoms with Crippen molar-refractivity contribution < 1.29 is 13.6 Å². The molecule has 1 aromatic heterocycles. The summed E-state index contributed by atoms with van der Waals surface area (Å²) in [6, 6.07) is 11.4. The summed E-state index contributed by atoms with van der Waals surface area (Å²) < 4.78 is 29.1. The quantitative estimate of drug-likeness (QED) is 0.677. The van der Waals surface area contributed by atoms with E-state index in [1.54, 1.807) is 37.4 Å². The summed E-state index contributed by atoms with van der Waals surface area (Å²) in [5.74, 6) is -0.991. The molecular formula is C22H20F2N4O2. The van der Waals surface area contributed by atoms with Crippen LogP contribution in [0.3, 0.4) is 0 Å². The Kier molecular flexibility index (Phi) is 5.07. The SMILES string of the molecule is CC1(c2cc(F)ccc2F)CC1NC(=O)Nc1cccc(Cn2cccnc2=O)c1. The van der Waals surface area contributed by atoms with Gasteiger partial charge in [-0.05, 0) is 53.9 Å². The fraction of sp³-hybridized carbons (Fsp3) is 0.227. The monoisotopic (exact) mass is 410 g/mol. The fourth-order valence-electron chi connectivity index (χ4n) is 3.59. The lowest BCUT2D eigenvalue weighted by molar-refractivity contribution is 0.251. The molecule has 2 atom stereocenters. The van der Waals surface area contributed by atoms with Gasteiger partial charge in [-0.15, -0.1) is 0 Å². The Hall–Kier alpha value is -3.55. The second-order valence-corrected chi connectivity index (χ2v) is 7.63. The van der Waals surface area contributed by atoms with Crippen LogP contribution >= 0.6 is 0 Å². The van der Waals surface area contributed by atoms with Gasteiger partial charge in [0.15, 0.2) is 0 Å². The molecule has 1 heterocycles. The van der Waals surface area contributed by atoms with E-state index in [0.29, 0.717) is 18.7 Å². The number of amides is 2. The largest absolute Gasteiger partial charge is 0.347 e. The van der Waals surface area contributed by atoms with Gasteiger partial charge < -0.3 is 10.6 Å². The van der Waals surface area contributed by atoms with E-state index >= 15 is 0 Å². The van der Waals surface area contributed by atoms with Gasteiger partial charge in [0.1, 0.15) is 11.6 Å². The van der Waals surface area contributed by atoms with Crippen molar-refractivity contribution in [2.24, 2.45) is 0 Å². The molecule has 0 saturated heterocycles. The van der Waals surface area contributed by atoms with Gasteiger partial charge in [-0.1, -0.05) is 19.1 Å². The first-order valence-electron chi connectivity index (χ1n) is 9.48. The second kappa shape index (κ2) is 7.70. The van der Waals surface area contributed by atoms with Crippen molar-refractivity contribution in [3.05, 3.63) is 94.2 Å². The molecule has 2 aromatic carbocycles. The zero-order chi connectivity index (χ0) is 21.3. The lowest BCUT2D eigenvalue weighted by Crippen LogP contribution is -2.34. The third kappa shape index (κ3) is 4.07. The number of benzene rings is 2. The van der Waals surface area contributed by atoms with Crippen LogP contribution in [0.1, 0.15) is 24.5 Å². The van der Waals surface area contributed by atoms with Gasteiger partial charge in [-0.2, -0.15) is 0 Å². The van der Waals surface area contributed by atoms with Gasteiger partial charge in [0.25, 0.3) is 0 Å². The highest BCUT2D eigenvalue weighted by Gasteiger charge is 2.53. The van der Waals surface area contributed by atoms with E-state index in [-0.39, 0.29) is 17.3 Å². The Morgan fingerprint density at radius 1 is 1.23 bits per heavy atom. The summed E-state index contributed by atoms with van der Waals surface area (Å²) in [6.45, 7) is 2.12. The fourth-order valence-corrected chi connectivity index (χ4v) is 3.59. The number of urea groups is 1. The second-order valence-electron chi connectivity index (χ2n) is 7.63. The Morgan fingerprint density at radius 2 is 2.07 bits per heavy atom. The first kappa shape index (κ1) is 19.8. The van der Waals surface area contributed by atoms with Crippen molar-refractivity contribution in [2.45, 2.75) is 31.3 Å². The normalized spacial score (nSPS) is 19.9. The maximum atomic E-state index is 14.1. The van der Waals surface area contributed by atoms with Crippen molar-refractivity contribution >= 4 is 11.7 Å². The first-order chi connectivity index (χ1) is 14.3. The number of rotatable bonds is 5. The standard InChI is InChI=1S/C22H20F2N4O2/c1-22(17-11-15(23)6-7-18(17)24)12-19(22)27-20(29)26-16-5-2-4-14(10-16)13-28-9-3-8-25-21(28)30/h2-11,19H,12-13H2,1H3,(H2,26,27,29). The van der Waals surface area contributed by atoms with Gasteiger partial charge in [-0.3, -0.25) is 4.57 Å². The number of nitrogens with zero attached hydrogens (tertiary/aromatic N) is 2. The Labute approximate surface area is 171 Å². The highest BCUT2D eigenvalue weighted by atomic mass is 19.1. The van der Waals surface area contributed by atoms with Gasteiger partial charge in [0, 0.05) is 29.5 Å². The average Bonchev–Trinajstić information content (AvgIpc) is 3.36. The number of hydrogen-bond donors (Lipinski definition) is 2. The topological polar surface area (TPSA) is 76.0 Å². The number of carbonyl (C=O) groups excluding carboxylic acids is 1. The van der Waals surface area contributed by atoms with Crippen LogP contribution in [-0.2, 0) is 12.0 Å². The highest BCUT2D eigenvalue weighted by Crippen LogP contribution is 2.49. The summed E-state index contributed by atoms with van der Waals surface area (Å²) in [4.78, 5) is 27.9. The maximum Gasteiger partial charge on any atom is 0.347 e. The molecule has 2 unspecified atom stereocenters. The molecule has 3 aromatic rings. The minimum atomic E-state index is -0.646. The van der Waals surface area contributed by atoms with E-state index in [2.05, 4.69) is 15.6 Å². The van der Waals surface area contributed by atoms with E-state index in [0.717, 1.165) is 17.7 Å². The van der Waals surface area contributed by atoms with Crippen molar-refractivity contribution in [2.75, 3.05) is 5.32 Å². The van der Waals surface area contributed by atoms with Crippen LogP contribution in [0.25, 0.3) is 0 Å². The van der Waals surface area contributed by atoms with E-state index < -0.39 is 23.1 Å². The summed E-state index contributed by atoms with van der Waals surface area (Å²) in [7, 11) is 0. The molecule has 1 aliphatic rings. The lowest BCUT2D eigenvalue weighted by Gasteiger charge is -2.15. The molecule has 154 valence electrons. The zero-order valence-electron chi connectivity index (χ0n) is 16.2. The Balaban J connectivity index is 1.40. The molecule has 0 spiro atoms. The highest BCUT2D eigenvalue weighted by molar-refractivity contribution is 5.90. The molecule has 30 heavy (non-hydrogen) atoms. The lowest BCUT2D eigenvalue weighted by atomic mass is 9.96. The molecule has 0 radical (unpaired) electrons. The number of nitrogens with one attached hydrogen (secondary N) is 2. The molecule has 2 amide bonds. The van der Waals surface area contributed by atoms with Gasteiger partial charge in [0.05, 0.1) is 6.54 Å². The third-order valence-corrected chi connectivity index (χ3v) is 5.41. The van der Waals surface area contributed by atoms with Crippen LogP contribution in [0.2, 0.25) is 0 Å². The number of halogens is 2. The van der Waals surface area contributed by atoms with Crippen LogP contribution in [0.15, 0.2) is 65.7 Å². The molecule has 2 N–H and O–H groups in total. The number of carbonyl (C=O) groups is 1. The predicted molar refractivity (Wildman–Crippen MR) is 108 cm³/mol. The van der Waals surface area contributed by atoms with Crippen molar-refractivity contribution in [1.29, 1.82) is 0 Å². The molecular weight excluding hydrogens is 390 g/mol. The minimum Gasteiger partial charge on any atom is -0.334 e. The zero-order valence-corrected chi connectivity index (χ0v) is 16.2. The molecule has 6 nitrogen and oxygen atoms in total. The first-order valence-corrected chi connectivity index (χ1v) is 9.48. The van der Waals surface area contributed by atoms with Gasteiger partial charge in [0.2, 0.25) is 0 Å². The molecule has 0 bridgehead atoms. The van der Waals surface area contributed by atoms with Crippen molar-refractivity contribution in [3.8, 4) is 0 Å². The number of aromatic nitrogens is 2. The molecule has 1 aliphatic carbocycles. The van der Waals surface area contributed by atoms with E-state index in [1.165, 1.54) is 16.8 Å². The van der Waals surface area contributed by atoms with Crippen LogP contribution in [-0.4, -0.2) is 21.6 Å². The van der Waals surface area contributed by atoms with Crippen LogP contribution in [0.4, 0.5) is 19.3 Å².